The molecule has 2 aromatic rings. The van der Waals surface area contributed by atoms with E-state index >= 15 is 0 Å². The SMILES string of the molecule is CCOc1ccc(NC(=O)CN2CCCc3ccccc32)cc1S(=O)(=O)N1CCCC1. The molecule has 0 radical (unpaired) electrons. The Hall–Kier alpha value is -2.58. The molecule has 0 spiro atoms. The average molecular weight is 444 g/mol. The average Bonchev–Trinajstić information content (AvgIpc) is 3.31. The minimum absolute atomic E-state index is 0.109. The number of nitrogens with zero attached hydrogens (tertiary/aromatic N) is 2. The van der Waals surface area contributed by atoms with Crippen molar-refractivity contribution in [2.75, 3.05) is 43.0 Å². The minimum atomic E-state index is -3.67. The summed E-state index contributed by atoms with van der Waals surface area (Å²) in [5.74, 6) is 0.141. The van der Waals surface area contributed by atoms with Gasteiger partial charge in [0.2, 0.25) is 15.9 Å². The molecule has 31 heavy (non-hydrogen) atoms. The molecule has 1 fully saturated rings. The molecule has 0 unspecified atom stereocenters. The first kappa shape index (κ1) is 21.6. The number of hydrogen-bond donors (Lipinski definition) is 1. The maximum atomic E-state index is 13.1. The maximum Gasteiger partial charge on any atom is 0.246 e. The van der Waals surface area contributed by atoms with Gasteiger partial charge in [-0.3, -0.25) is 4.79 Å². The number of fused-ring (bicyclic) bond motifs is 1. The maximum absolute atomic E-state index is 13.1. The minimum Gasteiger partial charge on any atom is -0.492 e. The first-order valence-corrected chi connectivity index (χ1v) is 12.3. The molecule has 2 aliphatic heterocycles. The molecule has 1 amide bonds. The van der Waals surface area contributed by atoms with Crippen LogP contribution >= 0.6 is 0 Å². The summed E-state index contributed by atoms with van der Waals surface area (Å²) < 4.78 is 33.4. The Kier molecular flexibility index (Phi) is 6.48. The Morgan fingerprint density at radius 3 is 2.61 bits per heavy atom. The summed E-state index contributed by atoms with van der Waals surface area (Å²) in [4.78, 5) is 15.0. The monoisotopic (exact) mass is 443 g/mol. The second-order valence-corrected chi connectivity index (χ2v) is 9.81. The van der Waals surface area contributed by atoms with E-state index in [0.29, 0.717) is 31.1 Å². The normalized spacial score (nSPS) is 16.7. The van der Waals surface area contributed by atoms with E-state index in [9.17, 15) is 13.2 Å². The Morgan fingerprint density at radius 1 is 1.06 bits per heavy atom. The summed E-state index contributed by atoms with van der Waals surface area (Å²) >= 11 is 0. The quantitative estimate of drug-likeness (QED) is 0.711. The lowest BCUT2D eigenvalue weighted by atomic mass is 10.0. The number of amides is 1. The fraction of sp³-hybridized carbons (Fsp3) is 0.435. The number of aryl methyl sites for hydroxylation is 1. The van der Waals surface area contributed by atoms with Gasteiger partial charge in [-0.1, -0.05) is 18.2 Å². The Bertz CT molecular complexity index is 1050. The zero-order valence-electron chi connectivity index (χ0n) is 17.8. The largest absolute Gasteiger partial charge is 0.492 e. The van der Waals surface area contributed by atoms with Gasteiger partial charge in [-0.15, -0.1) is 0 Å². The first-order valence-electron chi connectivity index (χ1n) is 10.9. The van der Waals surface area contributed by atoms with Crippen LogP contribution in [-0.4, -0.2) is 51.4 Å². The van der Waals surface area contributed by atoms with E-state index in [0.717, 1.165) is 37.9 Å². The predicted molar refractivity (Wildman–Crippen MR) is 121 cm³/mol. The predicted octanol–water partition coefficient (Wildman–Crippen LogP) is 3.26. The molecule has 4 rings (SSSR count). The standard InChI is InChI=1S/C23H29N3O4S/c1-2-30-21-12-11-19(16-22(21)31(28,29)26-14-5-6-15-26)24-23(27)17-25-13-7-9-18-8-3-4-10-20(18)25/h3-4,8,10-12,16H,2,5-7,9,13-15,17H2,1H3,(H,24,27). The van der Waals surface area contributed by atoms with Gasteiger partial charge in [0, 0.05) is 31.0 Å². The van der Waals surface area contributed by atoms with Crippen LogP contribution in [0.25, 0.3) is 0 Å². The van der Waals surface area contributed by atoms with Crippen LogP contribution in [0.15, 0.2) is 47.4 Å². The molecule has 166 valence electrons. The zero-order chi connectivity index (χ0) is 21.8. The third-order valence-corrected chi connectivity index (χ3v) is 7.67. The number of rotatable bonds is 7. The molecule has 7 nitrogen and oxygen atoms in total. The highest BCUT2D eigenvalue weighted by Gasteiger charge is 2.30. The summed E-state index contributed by atoms with van der Waals surface area (Å²) in [7, 11) is -3.67. The van der Waals surface area contributed by atoms with E-state index in [-0.39, 0.29) is 17.3 Å². The molecular weight excluding hydrogens is 414 g/mol. The number of sulfonamides is 1. The zero-order valence-corrected chi connectivity index (χ0v) is 18.7. The summed E-state index contributed by atoms with van der Waals surface area (Å²) in [5.41, 5.74) is 2.80. The topological polar surface area (TPSA) is 79.0 Å². The number of carbonyl (C=O) groups excluding carboxylic acids is 1. The summed E-state index contributed by atoms with van der Waals surface area (Å²) in [5, 5.41) is 2.87. The van der Waals surface area contributed by atoms with E-state index < -0.39 is 10.0 Å². The van der Waals surface area contributed by atoms with Gasteiger partial charge in [-0.25, -0.2) is 8.42 Å². The van der Waals surface area contributed by atoms with Gasteiger partial charge in [0.05, 0.1) is 13.2 Å². The smallest absolute Gasteiger partial charge is 0.246 e. The van der Waals surface area contributed by atoms with Crippen molar-refractivity contribution in [1.29, 1.82) is 0 Å². The van der Waals surface area contributed by atoms with Gasteiger partial charge in [0.1, 0.15) is 10.6 Å². The molecule has 8 heteroatoms. The van der Waals surface area contributed by atoms with E-state index in [2.05, 4.69) is 16.3 Å². The lowest BCUT2D eigenvalue weighted by Crippen LogP contribution is -2.36. The third kappa shape index (κ3) is 4.70. The van der Waals surface area contributed by atoms with Crippen LogP contribution in [0.3, 0.4) is 0 Å². The van der Waals surface area contributed by atoms with Gasteiger partial charge in [0.15, 0.2) is 0 Å². The fourth-order valence-electron chi connectivity index (χ4n) is 4.28. The van der Waals surface area contributed by atoms with Crippen LogP contribution in [0.5, 0.6) is 5.75 Å². The second kappa shape index (κ2) is 9.28. The molecular formula is C23H29N3O4S. The molecule has 2 heterocycles. The van der Waals surface area contributed by atoms with Crippen LogP contribution < -0.4 is 15.0 Å². The highest BCUT2D eigenvalue weighted by atomic mass is 32.2. The number of benzene rings is 2. The molecule has 0 aliphatic carbocycles. The fourth-order valence-corrected chi connectivity index (χ4v) is 5.95. The van der Waals surface area contributed by atoms with Crippen LogP contribution in [0.1, 0.15) is 31.7 Å². The van der Waals surface area contributed by atoms with Crippen molar-refractivity contribution in [2.24, 2.45) is 0 Å². The van der Waals surface area contributed by atoms with Gasteiger partial charge in [-0.05, 0) is 62.4 Å². The van der Waals surface area contributed by atoms with Crippen molar-refractivity contribution >= 4 is 27.3 Å². The van der Waals surface area contributed by atoms with Gasteiger partial charge in [-0.2, -0.15) is 4.31 Å². The van der Waals surface area contributed by atoms with Crippen molar-refractivity contribution < 1.29 is 17.9 Å². The number of ether oxygens (including phenoxy) is 1. The van der Waals surface area contributed by atoms with E-state index in [1.165, 1.54) is 15.9 Å². The van der Waals surface area contributed by atoms with E-state index in [4.69, 9.17) is 4.74 Å². The van der Waals surface area contributed by atoms with Crippen LogP contribution in [0.4, 0.5) is 11.4 Å². The molecule has 2 aromatic carbocycles. The molecule has 0 saturated carbocycles. The van der Waals surface area contributed by atoms with E-state index in [1.54, 1.807) is 12.1 Å². The Labute approximate surface area is 184 Å². The number of carbonyl (C=O) groups is 1. The Balaban J connectivity index is 1.53. The van der Waals surface area contributed by atoms with Crippen LogP contribution in [0.2, 0.25) is 0 Å². The first-order chi connectivity index (χ1) is 15.0. The van der Waals surface area contributed by atoms with Crippen LogP contribution in [-0.2, 0) is 21.2 Å². The molecule has 1 saturated heterocycles. The van der Waals surface area contributed by atoms with Crippen LogP contribution in [0, 0.1) is 0 Å². The lowest BCUT2D eigenvalue weighted by Gasteiger charge is -2.30. The van der Waals surface area contributed by atoms with Gasteiger partial charge in [0.25, 0.3) is 0 Å². The van der Waals surface area contributed by atoms with Crippen molar-refractivity contribution in [3.63, 3.8) is 0 Å². The highest BCUT2D eigenvalue weighted by molar-refractivity contribution is 7.89. The van der Waals surface area contributed by atoms with Crippen molar-refractivity contribution in [3.05, 3.63) is 48.0 Å². The van der Waals surface area contributed by atoms with Crippen molar-refractivity contribution in [2.45, 2.75) is 37.5 Å². The van der Waals surface area contributed by atoms with Gasteiger partial charge < -0.3 is 15.0 Å². The molecule has 1 N–H and O–H groups in total. The lowest BCUT2D eigenvalue weighted by molar-refractivity contribution is -0.115. The van der Waals surface area contributed by atoms with E-state index in [1.807, 2.05) is 25.1 Å². The number of hydrogen-bond acceptors (Lipinski definition) is 5. The number of nitrogens with one attached hydrogen (secondary N) is 1. The number of anilines is 2. The summed E-state index contributed by atoms with van der Waals surface area (Å²) in [6.07, 6.45) is 3.74. The molecule has 0 bridgehead atoms. The van der Waals surface area contributed by atoms with Gasteiger partial charge >= 0.3 is 0 Å². The number of para-hydroxylation sites is 1. The van der Waals surface area contributed by atoms with Crippen molar-refractivity contribution in [1.82, 2.24) is 4.31 Å². The molecule has 0 aromatic heterocycles. The van der Waals surface area contributed by atoms with Crippen molar-refractivity contribution in [3.8, 4) is 5.75 Å². The Morgan fingerprint density at radius 2 is 1.84 bits per heavy atom. The summed E-state index contributed by atoms with van der Waals surface area (Å²) in [6, 6.07) is 13.0. The third-order valence-electron chi connectivity index (χ3n) is 5.75. The second-order valence-electron chi connectivity index (χ2n) is 7.91. The molecule has 2 aliphatic rings. The molecule has 0 atom stereocenters. The highest BCUT2D eigenvalue weighted by Crippen LogP contribution is 2.32. The summed E-state index contributed by atoms with van der Waals surface area (Å²) in [6.45, 7) is 4.25.